The van der Waals surface area contributed by atoms with E-state index in [9.17, 15) is 18.8 Å². The number of nitrogens with zero attached hydrogens (tertiary/aromatic N) is 7. The number of anilines is 3. The molecule has 2 aliphatic rings. The van der Waals surface area contributed by atoms with Crippen LogP contribution < -0.4 is 19.7 Å². The van der Waals surface area contributed by atoms with Gasteiger partial charge in [-0.2, -0.15) is 10.2 Å². The third-order valence-corrected chi connectivity index (χ3v) is 7.46. The number of alkyl halides is 2. The Morgan fingerprint density at radius 1 is 1.16 bits per heavy atom. The van der Waals surface area contributed by atoms with Crippen LogP contribution in [0, 0.1) is 11.3 Å². The molecule has 0 radical (unpaired) electrons. The molecule has 3 aromatic rings. The molecule has 1 atom stereocenters. The van der Waals surface area contributed by atoms with Crippen molar-refractivity contribution in [3.05, 3.63) is 48.2 Å². The van der Waals surface area contributed by atoms with Crippen LogP contribution >= 0.6 is 0 Å². The Kier molecular flexibility index (Phi) is 8.84. The minimum Gasteiger partial charge on any atom is -0.483 e. The number of rotatable bonds is 8. The van der Waals surface area contributed by atoms with Crippen LogP contribution in [0.1, 0.15) is 12.0 Å². The molecule has 226 valence electrons. The number of carbonyl (C=O) groups excluding carboxylic acids is 1. The van der Waals surface area contributed by atoms with Gasteiger partial charge in [-0.15, -0.1) is 0 Å². The molecule has 1 aromatic carbocycles. The number of likely N-dealkylation sites (N-methyl/N-ethyl adjacent to an activating group) is 1. The van der Waals surface area contributed by atoms with Gasteiger partial charge in [0.2, 0.25) is 17.7 Å². The summed E-state index contributed by atoms with van der Waals surface area (Å²) in [5, 5.41) is 21.8. The number of ether oxygens (including phenoxy) is 2. The molecule has 2 N–H and O–H groups in total. The molecule has 2 saturated heterocycles. The molecule has 0 bridgehead atoms. The summed E-state index contributed by atoms with van der Waals surface area (Å²) in [4.78, 5) is 30.5. The summed E-state index contributed by atoms with van der Waals surface area (Å²) >= 11 is 0. The number of likely N-dealkylation sites (tertiary alicyclic amines) is 1. The monoisotopic (exact) mass is 594 g/mol. The van der Waals surface area contributed by atoms with Gasteiger partial charge in [-0.05, 0) is 43.4 Å². The molecule has 5 rings (SSSR count). The Labute approximate surface area is 247 Å². The summed E-state index contributed by atoms with van der Waals surface area (Å²) in [5.41, 5.74) is 2.01. The third-order valence-electron chi connectivity index (χ3n) is 7.46. The molecule has 4 heterocycles. The molecule has 43 heavy (non-hydrogen) atoms. The number of nitriles is 1. The first-order valence-corrected chi connectivity index (χ1v) is 13.8. The van der Waals surface area contributed by atoms with Gasteiger partial charge in [0.25, 0.3) is 0 Å². The van der Waals surface area contributed by atoms with Crippen molar-refractivity contribution in [1.82, 2.24) is 24.8 Å². The average molecular weight is 595 g/mol. The lowest BCUT2D eigenvalue weighted by Crippen LogP contribution is -2.55. The Morgan fingerprint density at radius 3 is 2.65 bits per heavy atom. The van der Waals surface area contributed by atoms with Gasteiger partial charge in [0.15, 0.2) is 6.10 Å². The number of piperidine rings is 1. The van der Waals surface area contributed by atoms with Crippen molar-refractivity contribution in [2.45, 2.75) is 18.4 Å². The highest BCUT2D eigenvalue weighted by molar-refractivity contribution is 5.77. The summed E-state index contributed by atoms with van der Waals surface area (Å²) in [6.45, 7) is 1.94. The van der Waals surface area contributed by atoms with E-state index in [1.165, 1.54) is 12.1 Å². The van der Waals surface area contributed by atoms with Crippen molar-refractivity contribution in [1.29, 1.82) is 5.26 Å². The molecule has 2 aliphatic heterocycles. The van der Waals surface area contributed by atoms with Gasteiger partial charge >= 0.3 is 5.92 Å². The van der Waals surface area contributed by atoms with E-state index in [0.29, 0.717) is 23.0 Å². The molecule has 0 saturated carbocycles. The van der Waals surface area contributed by atoms with Crippen LogP contribution in [0.25, 0.3) is 11.3 Å². The van der Waals surface area contributed by atoms with E-state index in [0.717, 1.165) is 36.8 Å². The minimum atomic E-state index is -3.36. The number of aliphatic hydroxyl groups is 1. The van der Waals surface area contributed by atoms with Crippen LogP contribution in [0.2, 0.25) is 0 Å². The Balaban J connectivity index is 1.30. The molecule has 2 fully saturated rings. The quantitative estimate of drug-likeness (QED) is 0.398. The summed E-state index contributed by atoms with van der Waals surface area (Å²) in [6.07, 6.45) is -0.129. The number of halogens is 2. The number of amides is 1. The van der Waals surface area contributed by atoms with E-state index in [1.54, 1.807) is 25.4 Å². The second-order valence-corrected chi connectivity index (χ2v) is 10.4. The first-order valence-electron chi connectivity index (χ1n) is 13.8. The Bertz CT molecular complexity index is 1510. The lowest BCUT2D eigenvalue weighted by Gasteiger charge is -2.38. The summed E-state index contributed by atoms with van der Waals surface area (Å²) in [6, 6.07) is 12.0. The first-order chi connectivity index (χ1) is 20.7. The summed E-state index contributed by atoms with van der Waals surface area (Å²) in [5.74, 6) is -2.89. The zero-order valence-corrected chi connectivity index (χ0v) is 23.8. The van der Waals surface area contributed by atoms with Crippen molar-refractivity contribution >= 4 is 23.4 Å². The maximum Gasteiger partial charge on any atom is 0.301 e. The van der Waals surface area contributed by atoms with Crippen LogP contribution in [0.4, 0.5) is 26.2 Å². The lowest BCUT2D eigenvalue weighted by atomic mass is 10.0. The van der Waals surface area contributed by atoms with Crippen LogP contribution in [0.3, 0.4) is 0 Å². The van der Waals surface area contributed by atoms with E-state index in [2.05, 4.69) is 37.1 Å². The van der Waals surface area contributed by atoms with E-state index in [-0.39, 0.29) is 30.2 Å². The fourth-order valence-corrected chi connectivity index (χ4v) is 5.05. The van der Waals surface area contributed by atoms with E-state index < -0.39 is 31.1 Å². The standard InChI is InChI=1S/C29H32F2N8O4/c1-37-11-13-38(14-12-37)22-4-6-25(35-27(22)42-2)36-28-33-9-7-21(34-28)19-3-5-23(20(15-19)16-32)43-24-8-10-39(26(41)17-40)18-29(24,30)31/h3-7,9,15,24,40H,8,10-14,17-18H2,1-2H3,(H,33,34,35,36). The smallest absolute Gasteiger partial charge is 0.301 e. The van der Waals surface area contributed by atoms with E-state index >= 15 is 0 Å². The number of methoxy groups -OCH3 is 1. The molecular formula is C29H32F2N8O4. The maximum atomic E-state index is 14.8. The van der Waals surface area contributed by atoms with Crippen LogP contribution in [0.15, 0.2) is 42.6 Å². The largest absolute Gasteiger partial charge is 0.483 e. The molecular weight excluding hydrogens is 562 g/mol. The number of benzene rings is 1. The van der Waals surface area contributed by atoms with Gasteiger partial charge in [0, 0.05) is 50.9 Å². The Hall–Kier alpha value is -4.61. The molecule has 14 heteroatoms. The van der Waals surface area contributed by atoms with Gasteiger partial charge < -0.3 is 34.6 Å². The number of aliphatic hydroxyl groups excluding tert-OH is 1. The number of pyridine rings is 1. The Morgan fingerprint density at radius 2 is 1.95 bits per heavy atom. The highest BCUT2D eigenvalue weighted by atomic mass is 19.3. The van der Waals surface area contributed by atoms with Gasteiger partial charge in [0.1, 0.15) is 29.9 Å². The van der Waals surface area contributed by atoms with E-state index in [1.807, 2.05) is 18.2 Å². The van der Waals surface area contributed by atoms with Gasteiger partial charge in [-0.3, -0.25) is 4.79 Å². The first kappa shape index (κ1) is 29.9. The SMILES string of the molecule is COc1nc(Nc2nccc(-c3ccc(OC4CCN(C(=O)CO)CC4(F)F)c(C#N)c3)n2)ccc1N1CCN(C)CC1. The highest BCUT2D eigenvalue weighted by Crippen LogP contribution is 2.34. The lowest BCUT2D eigenvalue weighted by molar-refractivity contribution is -0.161. The number of aromatic nitrogens is 3. The van der Waals surface area contributed by atoms with Gasteiger partial charge in [0.05, 0.1) is 24.9 Å². The molecule has 12 nitrogen and oxygen atoms in total. The topological polar surface area (TPSA) is 140 Å². The maximum absolute atomic E-state index is 14.8. The second-order valence-electron chi connectivity index (χ2n) is 10.4. The summed E-state index contributed by atoms with van der Waals surface area (Å²) < 4.78 is 40.7. The molecule has 0 aliphatic carbocycles. The highest BCUT2D eigenvalue weighted by Gasteiger charge is 2.47. The zero-order chi connectivity index (χ0) is 30.6. The molecule has 2 aromatic heterocycles. The van der Waals surface area contributed by atoms with Crippen molar-refractivity contribution < 1.29 is 28.2 Å². The van der Waals surface area contributed by atoms with E-state index in [4.69, 9.17) is 14.6 Å². The number of nitrogens with one attached hydrogen (secondary N) is 1. The number of carbonyl (C=O) groups is 1. The van der Waals surface area contributed by atoms with Gasteiger partial charge in [-0.25, -0.2) is 18.7 Å². The predicted molar refractivity (Wildman–Crippen MR) is 154 cm³/mol. The fourth-order valence-electron chi connectivity index (χ4n) is 5.05. The second kappa shape index (κ2) is 12.7. The molecule has 0 spiro atoms. The van der Waals surface area contributed by atoms with Crippen LogP contribution in [-0.2, 0) is 4.79 Å². The zero-order valence-electron chi connectivity index (χ0n) is 23.8. The fraction of sp³-hybridized carbons (Fsp3) is 0.414. The van der Waals surface area contributed by atoms with Crippen molar-refractivity contribution in [3.63, 3.8) is 0 Å². The number of hydrogen-bond acceptors (Lipinski definition) is 11. The minimum absolute atomic E-state index is 0.00185. The molecule has 1 amide bonds. The van der Waals surface area contributed by atoms with Crippen molar-refractivity contribution in [2.24, 2.45) is 0 Å². The average Bonchev–Trinajstić information content (AvgIpc) is 3.02. The van der Waals surface area contributed by atoms with Crippen molar-refractivity contribution in [2.75, 3.05) is 70.2 Å². The van der Waals surface area contributed by atoms with Gasteiger partial charge in [-0.1, -0.05) is 0 Å². The van der Waals surface area contributed by atoms with Crippen molar-refractivity contribution in [3.8, 4) is 29.0 Å². The number of piperazine rings is 1. The predicted octanol–water partition coefficient (Wildman–Crippen LogP) is 2.52. The van der Waals surface area contributed by atoms with Crippen LogP contribution in [-0.4, -0.2) is 108 Å². The summed E-state index contributed by atoms with van der Waals surface area (Å²) in [7, 11) is 3.67. The normalized spacial score (nSPS) is 18.6. The van der Waals surface area contributed by atoms with Crippen LogP contribution in [0.5, 0.6) is 11.6 Å². The molecule has 1 unspecified atom stereocenters. The third kappa shape index (κ3) is 6.73. The number of hydrogen-bond donors (Lipinski definition) is 2.